The minimum atomic E-state index is -0.193. The molecule has 0 aromatic heterocycles. The number of rotatable bonds is 6. The van der Waals surface area contributed by atoms with E-state index in [0.717, 1.165) is 35.3 Å². The quantitative estimate of drug-likeness (QED) is 0.442. The van der Waals surface area contributed by atoms with Crippen molar-refractivity contribution in [1.82, 2.24) is 0 Å². The van der Waals surface area contributed by atoms with Crippen molar-refractivity contribution in [3.63, 3.8) is 0 Å². The maximum absolute atomic E-state index is 12.5. The van der Waals surface area contributed by atoms with Gasteiger partial charge in [-0.15, -0.1) is 0 Å². The van der Waals surface area contributed by atoms with E-state index in [9.17, 15) is 4.79 Å². The van der Waals surface area contributed by atoms with Crippen molar-refractivity contribution in [1.29, 1.82) is 0 Å². The Morgan fingerprint density at radius 2 is 2.00 bits per heavy atom. The largest absolute Gasteiger partial charge is 0.466 e. The van der Waals surface area contributed by atoms with E-state index in [0.29, 0.717) is 11.7 Å². The summed E-state index contributed by atoms with van der Waals surface area (Å²) in [5.41, 5.74) is 4.13. The van der Waals surface area contributed by atoms with Gasteiger partial charge in [-0.3, -0.25) is 4.79 Å². The van der Waals surface area contributed by atoms with Gasteiger partial charge in [-0.25, -0.2) is 0 Å². The summed E-state index contributed by atoms with van der Waals surface area (Å²) in [7, 11) is 0. The number of carbonyl (C=O) groups excluding carboxylic acids is 1. The number of benzene rings is 2. The fourth-order valence-electron chi connectivity index (χ4n) is 3.16. The molecule has 0 fully saturated rings. The predicted octanol–water partition coefficient (Wildman–Crippen LogP) is 4.99. The highest BCUT2D eigenvalue weighted by molar-refractivity contribution is 7.80. The number of nitrogens with zero attached hydrogens (tertiary/aromatic N) is 1. The first kappa shape index (κ1) is 18.4. The van der Waals surface area contributed by atoms with Crippen LogP contribution >= 0.6 is 12.2 Å². The molecule has 26 heavy (non-hydrogen) atoms. The van der Waals surface area contributed by atoms with Crippen molar-refractivity contribution in [3.8, 4) is 0 Å². The molecule has 1 unspecified atom stereocenters. The minimum absolute atomic E-state index is 0.185. The van der Waals surface area contributed by atoms with Crippen LogP contribution in [0.1, 0.15) is 43.4 Å². The van der Waals surface area contributed by atoms with Gasteiger partial charge in [-0.2, -0.15) is 0 Å². The van der Waals surface area contributed by atoms with Gasteiger partial charge in [0.2, 0.25) is 0 Å². The fourth-order valence-corrected chi connectivity index (χ4v) is 3.50. The molecule has 3 rings (SSSR count). The molecule has 1 heterocycles. The Bertz CT molecular complexity index is 792. The van der Waals surface area contributed by atoms with Gasteiger partial charge in [0.15, 0.2) is 5.11 Å². The number of thiocarbonyl (C=S) groups is 1. The van der Waals surface area contributed by atoms with Crippen LogP contribution in [0.3, 0.4) is 0 Å². The first-order valence-corrected chi connectivity index (χ1v) is 9.42. The van der Waals surface area contributed by atoms with Crippen molar-refractivity contribution in [3.05, 3.63) is 59.7 Å². The first-order chi connectivity index (χ1) is 12.6. The first-order valence-electron chi connectivity index (χ1n) is 9.01. The van der Waals surface area contributed by atoms with Crippen molar-refractivity contribution in [2.45, 2.75) is 39.2 Å². The van der Waals surface area contributed by atoms with Crippen LogP contribution in [0, 0.1) is 6.92 Å². The average Bonchev–Trinajstić information content (AvgIpc) is 2.63. The molecule has 2 aromatic rings. The number of aryl methyl sites for hydroxylation is 1. The standard InChI is InChI=1S/C21H24N2O2S/c1-3-4-12-25-20(24)14-19-17-13-15(2)10-11-18(17)22-21(26)23(19)16-8-6-5-7-9-16/h5-11,13,19H,3-4,12,14H2,1-2H3,(H,22,26). The number of ether oxygens (including phenoxy) is 1. The van der Waals surface area contributed by atoms with Gasteiger partial charge in [-0.05, 0) is 49.3 Å². The monoisotopic (exact) mass is 368 g/mol. The summed E-state index contributed by atoms with van der Waals surface area (Å²) in [6.07, 6.45) is 2.15. The minimum Gasteiger partial charge on any atom is -0.466 e. The zero-order chi connectivity index (χ0) is 18.5. The van der Waals surface area contributed by atoms with E-state index < -0.39 is 0 Å². The molecule has 1 N–H and O–H groups in total. The lowest BCUT2D eigenvalue weighted by molar-refractivity contribution is -0.144. The molecule has 1 aliphatic heterocycles. The van der Waals surface area contributed by atoms with Crippen LogP contribution in [0.4, 0.5) is 11.4 Å². The highest BCUT2D eigenvalue weighted by atomic mass is 32.1. The second-order valence-electron chi connectivity index (χ2n) is 6.52. The molecule has 5 heteroatoms. The Balaban J connectivity index is 1.94. The van der Waals surface area contributed by atoms with Crippen LogP contribution in [-0.2, 0) is 9.53 Å². The molecule has 0 bridgehead atoms. The molecule has 0 saturated heterocycles. The lowest BCUT2D eigenvalue weighted by atomic mass is 9.95. The summed E-state index contributed by atoms with van der Waals surface area (Å²) in [6, 6.07) is 15.9. The summed E-state index contributed by atoms with van der Waals surface area (Å²) >= 11 is 5.62. The van der Waals surface area contributed by atoms with Crippen LogP contribution in [0.15, 0.2) is 48.5 Å². The maximum Gasteiger partial charge on any atom is 0.308 e. The summed E-state index contributed by atoms with van der Waals surface area (Å²) in [6.45, 7) is 4.60. The number of hydrogen-bond acceptors (Lipinski definition) is 3. The fraction of sp³-hybridized carbons (Fsp3) is 0.333. The second kappa shape index (κ2) is 8.32. The van der Waals surface area contributed by atoms with E-state index in [-0.39, 0.29) is 18.4 Å². The highest BCUT2D eigenvalue weighted by Crippen LogP contribution is 2.39. The summed E-state index contributed by atoms with van der Waals surface area (Å²) in [5, 5.41) is 3.89. The van der Waals surface area contributed by atoms with E-state index in [4.69, 9.17) is 17.0 Å². The van der Waals surface area contributed by atoms with Crippen LogP contribution in [0.5, 0.6) is 0 Å². The van der Waals surface area contributed by atoms with Crippen LogP contribution in [-0.4, -0.2) is 17.7 Å². The molecule has 0 amide bonds. The Kier molecular flexibility index (Phi) is 5.89. The number of nitrogens with one attached hydrogen (secondary N) is 1. The van der Waals surface area contributed by atoms with Gasteiger partial charge >= 0.3 is 5.97 Å². The zero-order valence-corrected chi connectivity index (χ0v) is 16.0. The predicted molar refractivity (Wildman–Crippen MR) is 110 cm³/mol. The third kappa shape index (κ3) is 4.05. The number of para-hydroxylation sites is 1. The molecule has 0 saturated carbocycles. The number of anilines is 2. The second-order valence-corrected chi connectivity index (χ2v) is 6.91. The zero-order valence-electron chi connectivity index (χ0n) is 15.2. The number of carbonyl (C=O) groups is 1. The summed E-state index contributed by atoms with van der Waals surface area (Å²) in [5.74, 6) is -0.193. The molecule has 1 aliphatic rings. The topological polar surface area (TPSA) is 41.6 Å². The Hall–Kier alpha value is -2.40. The number of esters is 1. The van der Waals surface area contributed by atoms with Crippen LogP contribution in [0.2, 0.25) is 0 Å². The lowest BCUT2D eigenvalue weighted by Gasteiger charge is -2.39. The van der Waals surface area contributed by atoms with E-state index in [2.05, 4.69) is 25.2 Å². The third-order valence-corrected chi connectivity index (χ3v) is 4.79. The molecular formula is C21H24N2O2S. The van der Waals surface area contributed by atoms with Gasteiger partial charge in [0.05, 0.1) is 19.1 Å². The van der Waals surface area contributed by atoms with Crippen LogP contribution < -0.4 is 10.2 Å². The Morgan fingerprint density at radius 1 is 1.23 bits per heavy atom. The number of unbranched alkanes of at least 4 members (excludes halogenated alkanes) is 1. The summed E-state index contributed by atoms with van der Waals surface area (Å²) in [4.78, 5) is 14.5. The van der Waals surface area contributed by atoms with E-state index >= 15 is 0 Å². The van der Waals surface area contributed by atoms with Gasteiger partial charge in [0, 0.05) is 11.4 Å². The Morgan fingerprint density at radius 3 is 2.73 bits per heavy atom. The molecule has 2 aromatic carbocycles. The van der Waals surface area contributed by atoms with Crippen molar-refractivity contribution in [2.75, 3.05) is 16.8 Å². The van der Waals surface area contributed by atoms with E-state index in [1.807, 2.05) is 47.4 Å². The molecule has 0 radical (unpaired) electrons. The molecule has 4 nitrogen and oxygen atoms in total. The SMILES string of the molecule is CCCCOC(=O)CC1c2cc(C)ccc2NC(=S)N1c1ccccc1. The molecule has 0 spiro atoms. The summed E-state index contributed by atoms with van der Waals surface area (Å²) < 4.78 is 5.42. The third-order valence-electron chi connectivity index (χ3n) is 4.49. The Labute approximate surface area is 160 Å². The maximum atomic E-state index is 12.5. The number of hydrogen-bond donors (Lipinski definition) is 1. The van der Waals surface area contributed by atoms with Crippen LogP contribution in [0.25, 0.3) is 0 Å². The number of fused-ring (bicyclic) bond motifs is 1. The van der Waals surface area contributed by atoms with Crippen molar-refractivity contribution >= 4 is 34.7 Å². The lowest BCUT2D eigenvalue weighted by Crippen LogP contribution is -2.43. The average molecular weight is 369 g/mol. The molecule has 0 aliphatic carbocycles. The van der Waals surface area contributed by atoms with Crippen molar-refractivity contribution in [2.24, 2.45) is 0 Å². The van der Waals surface area contributed by atoms with Crippen molar-refractivity contribution < 1.29 is 9.53 Å². The normalized spacial score (nSPS) is 16.0. The molecule has 1 atom stereocenters. The highest BCUT2D eigenvalue weighted by Gasteiger charge is 2.33. The van der Waals surface area contributed by atoms with Gasteiger partial charge in [0.1, 0.15) is 0 Å². The smallest absolute Gasteiger partial charge is 0.308 e. The molecular weight excluding hydrogens is 344 g/mol. The van der Waals surface area contributed by atoms with Gasteiger partial charge in [-0.1, -0.05) is 49.2 Å². The van der Waals surface area contributed by atoms with Gasteiger partial charge in [0.25, 0.3) is 0 Å². The molecule has 136 valence electrons. The van der Waals surface area contributed by atoms with E-state index in [1.165, 1.54) is 0 Å². The van der Waals surface area contributed by atoms with E-state index in [1.54, 1.807) is 0 Å². The van der Waals surface area contributed by atoms with Gasteiger partial charge < -0.3 is 15.0 Å².